The van der Waals surface area contributed by atoms with Crippen LogP contribution in [-0.4, -0.2) is 10.3 Å². The average molecular weight is 228 g/mol. The third-order valence-corrected chi connectivity index (χ3v) is 1.61. The minimum atomic E-state index is -0.362. The molecular formula is C9H7BrFN. The van der Waals surface area contributed by atoms with Crippen molar-refractivity contribution < 1.29 is 4.39 Å². The normalized spacial score (nSPS) is 8.83. The van der Waals surface area contributed by atoms with E-state index in [-0.39, 0.29) is 5.82 Å². The van der Waals surface area contributed by atoms with E-state index in [1.54, 1.807) is 6.07 Å². The van der Waals surface area contributed by atoms with Crippen molar-refractivity contribution >= 4 is 15.9 Å². The molecule has 1 aromatic heterocycles. The van der Waals surface area contributed by atoms with Gasteiger partial charge >= 0.3 is 0 Å². The molecule has 0 aliphatic heterocycles. The second kappa shape index (κ2) is 4.89. The summed E-state index contributed by atoms with van der Waals surface area (Å²) >= 11 is 3.23. The predicted octanol–water partition coefficient (Wildman–Crippen LogP) is 2.36. The van der Waals surface area contributed by atoms with E-state index >= 15 is 0 Å². The van der Waals surface area contributed by atoms with Crippen molar-refractivity contribution in [2.45, 2.75) is 6.42 Å². The summed E-state index contributed by atoms with van der Waals surface area (Å²) in [5.41, 5.74) is 0.408. The first-order chi connectivity index (χ1) is 5.84. The molecule has 1 rings (SSSR count). The van der Waals surface area contributed by atoms with Crippen LogP contribution in [0.3, 0.4) is 0 Å². The molecule has 1 aromatic rings. The zero-order chi connectivity index (χ0) is 8.81. The smallest absolute Gasteiger partial charge is 0.157 e. The third-order valence-electron chi connectivity index (χ3n) is 1.21. The van der Waals surface area contributed by atoms with E-state index in [1.807, 2.05) is 0 Å². The van der Waals surface area contributed by atoms with Gasteiger partial charge in [0, 0.05) is 17.9 Å². The van der Waals surface area contributed by atoms with Gasteiger partial charge in [-0.1, -0.05) is 27.8 Å². The molecule has 0 amide bonds. The van der Waals surface area contributed by atoms with E-state index in [1.165, 1.54) is 6.20 Å². The van der Waals surface area contributed by atoms with E-state index in [2.05, 4.69) is 32.8 Å². The van der Waals surface area contributed by atoms with Crippen LogP contribution in [0.1, 0.15) is 12.0 Å². The lowest BCUT2D eigenvalue weighted by atomic mass is 10.2. The van der Waals surface area contributed by atoms with Crippen molar-refractivity contribution in [2.75, 3.05) is 5.33 Å². The SMILES string of the molecule is Fc1cnccc1C#CCCBr. The van der Waals surface area contributed by atoms with Gasteiger partial charge in [0.2, 0.25) is 0 Å². The zero-order valence-electron chi connectivity index (χ0n) is 6.35. The fourth-order valence-electron chi connectivity index (χ4n) is 0.682. The summed E-state index contributed by atoms with van der Waals surface area (Å²) in [4.78, 5) is 3.62. The van der Waals surface area contributed by atoms with Crippen molar-refractivity contribution in [1.82, 2.24) is 4.98 Å². The summed E-state index contributed by atoms with van der Waals surface area (Å²) < 4.78 is 12.8. The molecule has 0 bridgehead atoms. The summed E-state index contributed by atoms with van der Waals surface area (Å²) in [6.07, 6.45) is 3.42. The van der Waals surface area contributed by atoms with Gasteiger partial charge in [-0.25, -0.2) is 4.39 Å². The number of nitrogens with zero attached hydrogens (tertiary/aromatic N) is 1. The van der Waals surface area contributed by atoms with Gasteiger partial charge < -0.3 is 0 Å². The molecule has 1 heterocycles. The van der Waals surface area contributed by atoms with E-state index in [4.69, 9.17) is 0 Å². The number of hydrogen-bond donors (Lipinski definition) is 0. The first-order valence-electron chi connectivity index (χ1n) is 3.49. The van der Waals surface area contributed by atoms with Crippen molar-refractivity contribution in [1.29, 1.82) is 0 Å². The molecule has 0 fully saturated rings. The highest BCUT2D eigenvalue weighted by atomic mass is 79.9. The minimum absolute atomic E-state index is 0.362. The number of rotatable bonds is 1. The van der Waals surface area contributed by atoms with Gasteiger partial charge in [0.15, 0.2) is 5.82 Å². The molecule has 0 saturated heterocycles. The van der Waals surface area contributed by atoms with Crippen LogP contribution in [0.25, 0.3) is 0 Å². The summed E-state index contributed by atoms with van der Waals surface area (Å²) in [5, 5.41) is 0.812. The lowest BCUT2D eigenvalue weighted by Gasteiger charge is -1.89. The van der Waals surface area contributed by atoms with Crippen LogP contribution < -0.4 is 0 Å². The summed E-state index contributed by atoms with van der Waals surface area (Å²) in [6.45, 7) is 0. The Labute approximate surface area is 79.1 Å². The van der Waals surface area contributed by atoms with E-state index in [0.717, 1.165) is 17.9 Å². The van der Waals surface area contributed by atoms with Crippen LogP contribution >= 0.6 is 15.9 Å². The number of hydrogen-bond acceptors (Lipinski definition) is 1. The van der Waals surface area contributed by atoms with Crippen molar-refractivity contribution in [3.63, 3.8) is 0 Å². The van der Waals surface area contributed by atoms with Crippen LogP contribution in [0.5, 0.6) is 0 Å². The number of aromatic nitrogens is 1. The van der Waals surface area contributed by atoms with Crippen LogP contribution in [-0.2, 0) is 0 Å². The van der Waals surface area contributed by atoms with Gasteiger partial charge in [-0.2, -0.15) is 0 Å². The van der Waals surface area contributed by atoms with Crippen molar-refractivity contribution in [2.24, 2.45) is 0 Å². The maximum absolute atomic E-state index is 12.8. The first-order valence-corrected chi connectivity index (χ1v) is 4.61. The summed E-state index contributed by atoms with van der Waals surface area (Å²) in [7, 11) is 0. The molecule has 0 N–H and O–H groups in total. The Balaban J connectivity index is 2.77. The summed E-state index contributed by atoms with van der Waals surface area (Å²) in [5.74, 6) is 5.18. The molecule has 0 radical (unpaired) electrons. The van der Waals surface area contributed by atoms with Gasteiger partial charge in [0.05, 0.1) is 11.8 Å². The Morgan fingerprint density at radius 2 is 2.42 bits per heavy atom. The quantitative estimate of drug-likeness (QED) is 0.531. The second-order valence-corrected chi connectivity index (χ2v) is 2.89. The van der Waals surface area contributed by atoms with Crippen molar-refractivity contribution in [3.8, 4) is 11.8 Å². The number of alkyl halides is 1. The standard InChI is InChI=1S/C9H7BrFN/c10-5-2-1-3-8-4-6-12-7-9(8)11/h4,6-7H,2,5H2. The Kier molecular flexibility index (Phi) is 3.75. The molecule has 0 aliphatic rings. The monoisotopic (exact) mass is 227 g/mol. The maximum Gasteiger partial charge on any atom is 0.157 e. The highest BCUT2D eigenvalue weighted by Crippen LogP contribution is 2.01. The van der Waals surface area contributed by atoms with E-state index < -0.39 is 0 Å². The Morgan fingerprint density at radius 1 is 1.58 bits per heavy atom. The van der Waals surface area contributed by atoms with Gasteiger partial charge in [-0.3, -0.25) is 4.98 Å². The molecule has 0 saturated carbocycles. The van der Waals surface area contributed by atoms with Crippen LogP contribution in [0.2, 0.25) is 0 Å². The topological polar surface area (TPSA) is 12.9 Å². The van der Waals surface area contributed by atoms with Crippen LogP contribution in [0.4, 0.5) is 4.39 Å². The third kappa shape index (κ3) is 2.63. The van der Waals surface area contributed by atoms with Gasteiger partial charge in [-0.15, -0.1) is 0 Å². The minimum Gasteiger partial charge on any atom is -0.262 e. The number of halogens is 2. The zero-order valence-corrected chi connectivity index (χ0v) is 7.94. The molecule has 0 aromatic carbocycles. The fourth-order valence-corrected chi connectivity index (χ4v) is 0.880. The highest BCUT2D eigenvalue weighted by Gasteiger charge is 1.94. The Morgan fingerprint density at radius 3 is 3.08 bits per heavy atom. The predicted molar refractivity (Wildman–Crippen MR) is 49.5 cm³/mol. The fraction of sp³-hybridized carbons (Fsp3) is 0.222. The van der Waals surface area contributed by atoms with Gasteiger partial charge in [-0.05, 0) is 6.07 Å². The molecule has 62 valence electrons. The molecule has 0 unspecified atom stereocenters. The lowest BCUT2D eigenvalue weighted by Crippen LogP contribution is -1.83. The summed E-state index contributed by atoms with van der Waals surface area (Å²) in [6, 6.07) is 1.57. The largest absolute Gasteiger partial charge is 0.262 e. The molecule has 0 spiro atoms. The highest BCUT2D eigenvalue weighted by molar-refractivity contribution is 9.09. The van der Waals surface area contributed by atoms with Crippen LogP contribution in [0, 0.1) is 17.7 Å². The van der Waals surface area contributed by atoms with E-state index in [9.17, 15) is 4.39 Å². The van der Waals surface area contributed by atoms with Crippen molar-refractivity contribution in [3.05, 3.63) is 29.8 Å². The number of pyridine rings is 1. The molecule has 0 aliphatic carbocycles. The Hall–Kier alpha value is -0.880. The second-order valence-electron chi connectivity index (χ2n) is 2.10. The molecule has 0 atom stereocenters. The molecule has 1 nitrogen and oxygen atoms in total. The van der Waals surface area contributed by atoms with Gasteiger partial charge in [0.1, 0.15) is 0 Å². The van der Waals surface area contributed by atoms with E-state index in [0.29, 0.717) is 5.56 Å². The van der Waals surface area contributed by atoms with Gasteiger partial charge in [0.25, 0.3) is 0 Å². The van der Waals surface area contributed by atoms with Crippen LogP contribution in [0.15, 0.2) is 18.5 Å². The molecular weight excluding hydrogens is 221 g/mol. The maximum atomic E-state index is 12.8. The Bertz CT molecular complexity index is 314. The molecule has 12 heavy (non-hydrogen) atoms. The average Bonchev–Trinajstić information content (AvgIpc) is 2.09. The molecule has 3 heteroatoms. The first kappa shape index (κ1) is 9.21. The lowest BCUT2D eigenvalue weighted by molar-refractivity contribution is 0.618.